The van der Waals surface area contributed by atoms with Crippen molar-refractivity contribution in [1.29, 1.82) is 5.26 Å². The van der Waals surface area contributed by atoms with Crippen molar-refractivity contribution in [2.24, 2.45) is 4.99 Å². The van der Waals surface area contributed by atoms with Crippen LogP contribution >= 0.6 is 0 Å². The highest BCUT2D eigenvalue weighted by Gasteiger charge is 2.03. The zero-order valence-electron chi connectivity index (χ0n) is 7.92. The van der Waals surface area contributed by atoms with Crippen molar-refractivity contribution in [2.45, 2.75) is 0 Å². The molecule has 0 saturated carbocycles. The van der Waals surface area contributed by atoms with Gasteiger partial charge in [0.15, 0.2) is 0 Å². The maximum atomic E-state index is 8.65. The first-order valence-corrected chi connectivity index (χ1v) is 4.47. The molecule has 3 nitrogen and oxygen atoms in total. The molecule has 0 amide bonds. The second-order valence-corrected chi connectivity index (χ2v) is 2.91. The van der Waals surface area contributed by atoms with E-state index < -0.39 is 0 Å². The molecule has 0 atom stereocenters. The Morgan fingerprint density at radius 1 is 1.13 bits per heavy atom. The van der Waals surface area contributed by atoms with Gasteiger partial charge in [0.25, 0.3) is 0 Å². The highest BCUT2D eigenvalue weighted by Crippen LogP contribution is 2.08. The summed E-state index contributed by atoms with van der Waals surface area (Å²) in [6.07, 6.45) is 6.79. The van der Waals surface area contributed by atoms with Crippen molar-refractivity contribution in [1.82, 2.24) is 0 Å². The average molecular weight is 196 g/mol. The van der Waals surface area contributed by atoms with E-state index in [4.69, 9.17) is 10.00 Å². The van der Waals surface area contributed by atoms with Crippen LogP contribution in [0.3, 0.4) is 0 Å². The summed E-state index contributed by atoms with van der Waals surface area (Å²) in [7, 11) is 0. The summed E-state index contributed by atoms with van der Waals surface area (Å²) in [6.45, 7) is 0. The molecule has 0 spiro atoms. The van der Waals surface area contributed by atoms with E-state index in [1.54, 1.807) is 36.7 Å². The van der Waals surface area contributed by atoms with Gasteiger partial charge in [0, 0.05) is 11.8 Å². The maximum absolute atomic E-state index is 8.65. The van der Waals surface area contributed by atoms with Gasteiger partial charge in [0.05, 0.1) is 17.9 Å². The Balaban J connectivity index is 2.30. The third kappa shape index (κ3) is 2.12. The number of ether oxygens (including phenoxy) is 1. The number of rotatable bonds is 1. The largest absolute Gasteiger partial charge is 0.446 e. The number of aliphatic imine (C=N–C) groups is 1. The molecule has 1 aliphatic rings. The third-order valence-corrected chi connectivity index (χ3v) is 1.91. The molecule has 0 bridgehead atoms. The fraction of sp³-hybridized carbons (Fsp3) is 0. The summed E-state index contributed by atoms with van der Waals surface area (Å²) in [5.74, 6) is 0.532. The fourth-order valence-electron chi connectivity index (χ4n) is 1.17. The average Bonchev–Trinajstić information content (AvgIpc) is 2.58. The normalized spacial score (nSPS) is 13.7. The Morgan fingerprint density at radius 2 is 1.93 bits per heavy atom. The van der Waals surface area contributed by atoms with Gasteiger partial charge in [0.2, 0.25) is 5.90 Å². The van der Waals surface area contributed by atoms with Crippen LogP contribution in [0, 0.1) is 11.3 Å². The Labute approximate surface area is 87.6 Å². The van der Waals surface area contributed by atoms with Crippen LogP contribution in [-0.2, 0) is 4.74 Å². The lowest BCUT2D eigenvalue weighted by Gasteiger charge is -2.02. The van der Waals surface area contributed by atoms with Crippen LogP contribution in [-0.4, -0.2) is 5.90 Å². The number of nitrogens with zero attached hydrogens (tertiary/aromatic N) is 2. The molecule has 0 unspecified atom stereocenters. The summed E-state index contributed by atoms with van der Waals surface area (Å²) in [5, 5.41) is 8.65. The van der Waals surface area contributed by atoms with Crippen molar-refractivity contribution >= 4 is 5.90 Å². The third-order valence-electron chi connectivity index (χ3n) is 1.91. The molecule has 0 N–H and O–H groups in total. The number of allylic oxidation sites excluding steroid dienone is 2. The Hall–Kier alpha value is -2.34. The van der Waals surface area contributed by atoms with Gasteiger partial charge in [0.1, 0.15) is 0 Å². The van der Waals surface area contributed by atoms with E-state index in [-0.39, 0.29) is 0 Å². The molecule has 2 rings (SSSR count). The number of nitriles is 1. The van der Waals surface area contributed by atoms with Crippen LogP contribution in [0.15, 0.2) is 53.9 Å². The first-order valence-electron chi connectivity index (χ1n) is 4.47. The van der Waals surface area contributed by atoms with Gasteiger partial charge in [-0.2, -0.15) is 5.26 Å². The summed E-state index contributed by atoms with van der Waals surface area (Å²) < 4.78 is 5.29. The van der Waals surface area contributed by atoms with Gasteiger partial charge in [-0.25, -0.2) is 4.99 Å². The minimum absolute atomic E-state index is 0.532. The molecule has 72 valence electrons. The van der Waals surface area contributed by atoms with Crippen LogP contribution in [0.5, 0.6) is 0 Å². The minimum atomic E-state index is 0.532. The lowest BCUT2D eigenvalue weighted by atomic mass is 10.1. The quantitative estimate of drug-likeness (QED) is 0.692. The molecular formula is C12H8N2O. The molecule has 0 aliphatic carbocycles. The lowest BCUT2D eigenvalue weighted by molar-refractivity contribution is 0.475. The van der Waals surface area contributed by atoms with Gasteiger partial charge in [-0.05, 0) is 36.4 Å². The first kappa shape index (κ1) is 9.22. The second kappa shape index (κ2) is 4.25. The van der Waals surface area contributed by atoms with E-state index in [1.807, 2.05) is 12.1 Å². The van der Waals surface area contributed by atoms with Crippen molar-refractivity contribution in [2.75, 3.05) is 0 Å². The molecule has 0 radical (unpaired) electrons. The monoisotopic (exact) mass is 196 g/mol. The molecular weight excluding hydrogens is 188 g/mol. The van der Waals surface area contributed by atoms with Crippen molar-refractivity contribution in [3.8, 4) is 6.07 Å². The molecule has 0 aromatic heterocycles. The lowest BCUT2D eigenvalue weighted by Crippen LogP contribution is -2.01. The Kier molecular flexibility index (Phi) is 2.61. The minimum Gasteiger partial charge on any atom is -0.446 e. The first-order chi connectivity index (χ1) is 7.40. The van der Waals surface area contributed by atoms with E-state index in [0.717, 1.165) is 5.56 Å². The van der Waals surface area contributed by atoms with Gasteiger partial charge >= 0.3 is 0 Å². The van der Waals surface area contributed by atoms with Crippen molar-refractivity contribution < 1.29 is 4.74 Å². The number of hydrogen-bond acceptors (Lipinski definition) is 3. The standard InChI is InChI=1S/C12H8N2O/c13-9-10-3-5-11(6-4-10)12-14-7-1-2-8-15-12/h1-8H. The molecule has 0 saturated heterocycles. The second-order valence-electron chi connectivity index (χ2n) is 2.91. The molecule has 1 heterocycles. The number of benzene rings is 1. The molecule has 15 heavy (non-hydrogen) atoms. The van der Waals surface area contributed by atoms with Gasteiger partial charge in [-0.3, -0.25) is 0 Å². The van der Waals surface area contributed by atoms with Gasteiger partial charge < -0.3 is 4.74 Å². The highest BCUT2D eigenvalue weighted by atomic mass is 16.5. The number of hydrogen-bond donors (Lipinski definition) is 0. The predicted molar refractivity (Wildman–Crippen MR) is 57.1 cm³/mol. The zero-order valence-corrected chi connectivity index (χ0v) is 7.92. The molecule has 1 aliphatic heterocycles. The molecule has 1 aromatic rings. The smallest absolute Gasteiger partial charge is 0.225 e. The van der Waals surface area contributed by atoms with E-state index >= 15 is 0 Å². The Morgan fingerprint density at radius 3 is 2.67 bits per heavy atom. The summed E-state index contributed by atoms with van der Waals surface area (Å²) in [5.41, 5.74) is 1.48. The van der Waals surface area contributed by atoms with Gasteiger partial charge in [-0.15, -0.1) is 0 Å². The SMILES string of the molecule is N#Cc1ccc(C2=NC=CC=CO2)cc1. The van der Waals surface area contributed by atoms with Crippen molar-refractivity contribution in [3.63, 3.8) is 0 Å². The van der Waals surface area contributed by atoms with E-state index in [1.165, 1.54) is 0 Å². The van der Waals surface area contributed by atoms with Crippen molar-refractivity contribution in [3.05, 3.63) is 60.0 Å². The topological polar surface area (TPSA) is 45.4 Å². The van der Waals surface area contributed by atoms with Crippen LogP contribution in [0.25, 0.3) is 0 Å². The van der Waals surface area contributed by atoms with E-state index in [0.29, 0.717) is 11.5 Å². The van der Waals surface area contributed by atoms with Gasteiger partial charge in [-0.1, -0.05) is 0 Å². The van der Waals surface area contributed by atoms with Crippen LogP contribution in [0.4, 0.5) is 0 Å². The highest BCUT2D eigenvalue weighted by molar-refractivity contribution is 5.95. The fourth-order valence-corrected chi connectivity index (χ4v) is 1.17. The van der Waals surface area contributed by atoms with Crippen LogP contribution in [0.2, 0.25) is 0 Å². The van der Waals surface area contributed by atoms with Crippen LogP contribution in [0.1, 0.15) is 11.1 Å². The summed E-state index contributed by atoms with van der Waals surface area (Å²) in [4.78, 5) is 4.12. The molecule has 0 fully saturated rings. The summed E-state index contributed by atoms with van der Waals surface area (Å²) >= 11 is 0. The molecule has 1 aromatic carbocycles. The van der Waals surface area contributed by atoms with E-state index in [2.05, 4.69) is 11.1 Å². The van der Waals surface area contributed by atoms with E-state index in [9.17, 15) is 0 Å². The summed E-state index contributed by atoms with van der Waals surface area (Å²) in [6, 6.07) is 9.15. The molecule has 3 heteroatoms. The zero-order chi connectivity index (χ0) is 10.5. The van der Waals surface area contributed by atoms with Crippen LogP contribution < -0.4 is 0 Å². The predicted octanol–water partition coefficient (Wildman–Crippen LogP) is 2.36. The Bertz CT molecular complexity index is 475. The maximum Gasteiger partial charge on any atom is 0.225 e.